The lowest BCUT2D eigenvalue weighted by atomic mass is 9.94. The summed E-state index contributed by atoms with van der Waals surface area (Å²) >= 11 is 0. The van der Waals surface area contributed by atoms with E-state index in [1.165, 1.54) is 10.4 Å². The van der Waals surface area contributed by atoms with Crippen LogP contribution in [0.4, 0.5) is 0 Å². The molecule has 1 saturated heterocycles. The first kappa shape index (κ1) is 17.9. The molecule has 7 nitrogen and oxygen atoms in total. The zero-order valence-corrected chi connectivity index (χ0v) is 15.8. The number of hydrogen-bond donors (Lipinski definition) is 0. The van der Waals surface area contributed by atoms with E-state index in [2.05, 4.69) is 4.98 Å². The zero-order chi connectivity index (χ0) is 18.4. The molecule has 3 rings (SSSR count). The Hall–Kier alpha value is -1.93. The monoisotopic (exact) mass is 365 g/mol. The molecule has 1 amide bonds. The second-order valence-electron chi connectivity index (χ2n) is 7.31. The summed E-state index contributed by atoms with van der Waals surface area (Å²) in [5.74, 6) is 0.543. The van der Waals surface area contributed by atoms with E-state index in [-0.39, 0.29) is 23.9 Å². The number of carbonyl (C=O) groups excluding carboxylic acids is 1. The first-order chi connectivity index (χ1) is 11.6. The number of fused-ring (bicyclic) bond motifs is 1. The summed E-state index contributed by atoms with van der Waals surface area (Å²) in [6, 6.07) is 4.71. The maximum atomic E-state index is 12.9. The number of hydrogen-bond acceptors (Lipinski definition) is 5. The number of carbonyl (C=O) groups is 1. The van der Waals surface area contributed by atoms with Crippen LogP contribution in [0.25, 0.3) is 11.1 Å². The van der Waals surface area contributed by atoms with Crippen LogP contribution in [0.15, 0.2) is 27.5 Å². The molecule has 1 fully saturated rings. The van der Waals surface area contributed by atoms with Gasteiger partial charge in [0.05, 0.1) is 4.90 Å². The van der Waals surface area contributed by atoms with Crippen molar-refractivity contribution in [1.29, 1.82) is 0 Å². The minimum Gasteiger partial charge on any atom is -0.441 e. The van der Waals surface area contributed by atoms with Gasteiger partial charge in [0.15, 0.2) is 11.5 Å². The van der Waals surface area contributed by atoms with E-state index >= 15 is 0 Å². The summed E-state index contributed by atoms with van der Waals surface area (Å²) in [7, 11) is -3.62. The number of benzene rings is 1. The molecule has 2 heterocycles. The minimum atomic E-state index is -3.62. The fraction of sp³-hybridized carbons (Fsp3) is 0.529. The second kappa shape index (κ2) is 6.10. The summed E-state index contributed by atoms with van der Waals surface area (Å²) in [4.78, 5) is 18.4. The molecule has 0 radical (unpaired) electrons. The summed E-state index contributed by atoms with van der Waals surface area (Å²) in [5, 5.41) is 0. The number of nitrogens with zero attached hydrogens (tertiary/aromatic N) is 3. The predicted molar refractivity (Wildman–Crippen MR) is 93.5 cm³/mol. The molecule has 0 bridgehead atoms. The first-order valence-corrected chi connectivity index (χ1v) is 9.70. The fourth-order valence-electron chi connectivity index (χ4n) is 2.94. The van der Waals surface area contributed by atoms with E-state index in [4.69, 9.17) is 4.42 Å². The Morgan fingerprint density at radius 1 is 1.16 bits per heavy atom. The molecule has 1 aliphatic heterocycles. The molecular weight excluding hydrogens is 342 g/mol. The van der Waals surface area contributed by atoms with E-state index in [9.17, 15) is 13.2 Å². The Kier molecular flexibility index (Phi) is 4.36. The number of aromatic nitrogens is 1. The molecule has 8 heteroatoms. The Labute approximate surface area is 147 Å². The Bertz CT molecular complexity index is 904. The lowest BCUT2D eigenvalue weighted by molar-refractivity contribution is -0.140. The number of oxazole rings is 1. The number of aryl methyl sites for hydroxylation is 1. The standard InChI is InChI=1S/C17H23N3O4S/c1-12-18-14-6-5-13(11-15(14)24-12)25(22,23)20-9-7-19(8-10-20)16(21)17(2,3)4/h5-6,11H,7-10H2,1-4H3. The lowest BCUT2D eigenvalue weighted by Crippen LogP contribution is -2.52. The van der Waals surface area contributed by atoms with Crippen molar-refractivity contribution in [3.05, 3.63) is 24.1 Å². The smallest absolute Gasteiger partial charge is 0.243 e. The lowest BCUT2D eigenvalue weighted by Gasteiger charge is -2.37. The maximum Gasteiger partial charge on any atom is 0.243 e. The van der Waals surface area contributed by atoms with E-state index < -0.39 is 15.4 Å². The van der Waals surface area contributed by atoms with Crippen LogP contribution in [-0.4, -0.2) is 54.7 Å². The summed E-state index contributed by atoms with van der Waals surface area (Å²) in [5.41, 5.74) is 0.633. The maximum absolute atomic E-state index is 12.9. The Morgan fingerprint density at radius 3 is 2.40 bits per heavy atom. The Morgan fingerprint density at radius 2 is 1.80 bits per heavy atom. The number of piperazine rings is 1. The average Bonchev–Trinajstić information content (AvgIpc) is 2.92. The fourth-order valence-corrected chi connectivity index (χ4v) is 4.37. The van der Waals surface area contributed by atoms with E-state index in [1.807, 2.05) is 20.8 Å². The molecule has 2 aromatic rings. The third-order valence-corrected chi connectivity index (χ3v) is 6.17. The van der Waals surface area contributed by atoms with Gasteiger partial charge in [-0.05, 0) is 12.1 Å². The van der Waals surface area contributed by atoms with Crippen molar-refractivity contribution in [2.75, 3.05) is 26.2 Å². The van der Waals surface area contributed by atoms with Crippen molar-refractivity contribution in [3.63, 3.8) is 0 Å². The number of rotatable bonds is 2. The van der Waals surface area contributed by atoms with Crippen LogP contribution in [-0.2, 0) is 14.8 Å². The van der Waals surface area contributed by atoms with Crippen molar-refractivity contribution in [2.45, 2.75) is 32.6 Å². The minimum absolute atomic E-state index is 0.0445. The quantitative estimate of drug-likeness (QED) is 0.813. The van der Waals surface area contributed by atoms with Crippen LogP contribution in [0.5, 0.6) is 0 Å². The van der Waals surface area contributed by atoms with Crippen molar-refractivity contribution < 1.29 is 17.6 Å². The van der Waals surface area contributed by atoms with Crippen LogP contribution < -0.4 is 0 Å². The Balaban J connectivity index is 1.78. The largest absolute Gasteiger partial charge is 0.441 e. The van der Waals surface area contributed by atoms with Gasteiger partial charge in [-0.1, -0.05) is 20.8 Å². The molecular formula is C17H23N3O4S. The highest BCUT2D eigenvalue weighted by Crippen LogP contribution is 2.24. The van der Waals surface area contributed by atoms with Gasteiger partial charge < -0.3 is 9.32 Å². The van der Waals surface area contributed by atoms with Crippen LogP contribution >= 0.6 is 0 Å². The summed E-state index contributed by atoms with van der Waals surface area (Å²) < 4.78 is 32.6. The summed E-state index contributed by atoms with van der Waals surface area (Å²) in [6.45, 7) is 8.71. The molecule has 0 unspecified atom stereocenters. The molecule has 0 atom stereocenters. The predicted octanol–water partition coefficient (Wildman–Crippen LogP) is 2.02. The molecule has 25 heavy (non-hydrogen) atoms. The highest BCUT2D eigenvalue weighted by atomic mass is 32.2. The van der Waals surface area contributed by atoms with Gasteiger partial charge in [-0.2, -0.15) is 4.31 Å². The molecule has 0 aliphatic carbocycles. The normalized spacial score (nSPS) is 17.2. The van der Waals surface area contributed by atoms with Crippen molar-refractivity contribution in [2.24, 2.45) is 5.41 Å². The second-order valence-corrected chi connectivity index (χ2v) is 9.25. The third kappa shape index (κ3) is 3.41. The van der Waals surface area contributed by atoms with Crippen molar-refractivity contribution in [3.8, 4) is 0 Å². The van der Waals surface area contributed by atoms with Gasteiger partial charge in [-0.15, -0.1) is 0 Å². The van der Waals surface area contributed by atoms with Gasteiger partial charge >= 0.3 is 0 Å². The van der Waals surface area contributed by atoms with Crippen LogP contribution in [0.1, 0.15) is 26.7 Å². The van der Waals surface area contributed by atoms with Gasteiger partial charge in [0.25, 0.3) is 0 Å². The molecule has 0 N–H and O–H groups in total. The zero-order valence-electron chi connectivity index (χ0n) is 14.9. The third-order valence-electron chi connectivity index (χ3n) is 4.27. The van der Waals surface area contributed by atoms with Crippen LogP contribution in [0.2, 0.25) is 0 Å². The molecule has 0 saturated carbocycles. The van der Waals surface area contributed by atoms with Gasteiger partial charge in [0, 0.05) is 44.6 Å². The highest BCUT2D eigenvalue weighted by Gasteiger charge is 2.34. The number of sulfonamides is 1. The molecule has 1 aliphatic rings. The van der Waals surface area contributed by atoms with Crippen LogP contribution in [0.3, 0.4) is 0 Å². The molecule has 1 aromatic heterocycles. The van der Waals surface area contributed by atoms with Gasteiger partial charge in [0.2, 0.25) is 15.9 Å². The van der Waals surface area contributed by atoms with E-state index in [1.54, 1.807) is 24.0 Å². The van der Waals surface area contributed by atoms with Crippen molar-refractivity contribution in [1.82, 2.24) is 14.2 Å². The SMILES string of the molecule is Cc1nc2ccc(S(=O)(=O)N3CCN(C(=O)C(C)(C)C)CC3)cc2o1. The first-order valence-electron chi connectivity index (χ1n) is 8.26. The highest BCUT2D eigenvalue weighted by molar-refractivity contribution is 7.89. The topological polar surface area (TPSA) is 83.7 Å². The molecule has 136 valence electrons. The van der Waals surface area contributed by atoms with Crippen molar-refractivity contribution >= 4 is 27.0 Å². The van der Waals surface area contributed by atoms with E-state index in [0.717, 1.165) is 0 Å². The van der Waals surface area contributed by atoms with Gasteiger partial charge in [-0.25, -0.2) is 13.4 Å². The van der Waals surface area contributed by atoms with Gasteiger partial charge in [0.1, 0.15) is 5.52 Å². The summed E-state index contributed by atoms with van der Waals surface area (Å²) in [6.07, 6.45) is 0. The van der Waals surface area contributed by atoms with Gasteiger partial charge in [-0.3, -0.25) is 4.79 Å². The average molecular weight is 365 g/mol. The molecule has 0 spiro atoms. The van der Waals surface area contributed by atoms with Crippen LogP contribution in [0, 0.1) is 12.3 Å². The molecule has 1 aromatic carbocycles. The van der Waals surface area contributed by atoms with E-state index in [0.29, 0.717) is 30.1 Å². The number of amides is 1.